The topological polar surface area (TPSA) is 83.8 Å². The van der Waals surface area contributed by atoms with Crippen molar-refractivity contribution in [2.75, 3.05) is 32.7 Å². The van der Waals surface area contributed by atoms with E-state index in [2.05, 4.69) is 4.90 Å². The molecular weight excluding hydrogens is 385 g/mol. The Morgan fingerprint density at radius 1 is 1.07 bits per heavy atom. The van der Waals surface area contributed by atoms with E-state index in [0.717, 1.165) is 23.8 Å². The Morgan fingerprint density at radius 3 is 2.39 bits per heavy atom. The van der Waals surface area contributed by atoms with Crippen molar-refractivity contribution in [2.45, 2.75) is 4.90 Å². The van der Waals surface area contributed by atoms with Gasteiger partial charge in [0.25, 0.3) is 0 Å². The molecule has 28 heavy (non-hydrogen) atoms. The van der Waals surface area contributed by atoms with Gasteiger partial charge in [0, 0.05) is 38.8 Å². The van der Waals surface area contributed by atoms with Gasteiger partial charge in [-0.05, 0) is 17.7 Å². The van der Waals surface area contributed by atoms with E-state index < -0.39 is 26.5 Å². The first kappa shape index (κ1) is 20.1. The summed E-state index contributed by atoms with van der Waals surface area (Å²) in [6.07, 6.45) is 4.05. The molecular formula is C19H20FN3O4S. The van der Waals surface area contributed by atoms with Gasteiger partial charge in [-0.15, -0.1) is 0 Å². The summed E-state index contributed by atoms with van der Waals surface area (Å²) in [6, 6.07) is 12.5. The zero-order chi connectivity index (χ0) is 20.1. The van der Waals surface area contributed by atoms with E-state index in [0.29, 0.717) is 19.6 Å². The van der Waals surface area contributed by atoms with Gasteiger partial charge in [0.15, 0.2) is 0 Å². The second-order valence-corrected chi connectivity index (χ2v) is 8.33. The summed E-state index contributed by atoms with van der Waals surface area (Å²) < 4.78 is 40.2. The van der Waals surface area contributed by atoms with E-state index in [1.165, 1.54) is 4.31 Å². The number of piperazine rings is 1. The molecule has 3 rings (SSSR count). The minimum atomic E-state index is -3.90. The largest absolute Gasteiger partial charge is 0.306 e. The summed E-state index contributed by atoms with van der Waals surface area (Å²) in [6.45, 7) is 2.33. The van der Waals surface area contributed by atoms with Gasteiger partial charge < -0.3 is 0 Å². The number of hydrogen-bond acceptors (Lipinski definition) is 5. The molecule has 7 nitrogen and oxygen atoms in total. The standard InChI is InChI=1S/C19H20FN3O4S/c20-18-9-8-17(15-19(18)23(24)25)28(26,27)22-13-11-21(12-14-22)10-4-7-16-5-2-1-3-6-16/h1-9,15H,10-14H2/b7-4+. The first-order chi connectivity index (χ1) is 13.4. The van der Waals surface area contributed by atoms with E-state index in [1.54, 1.807) is 0 Å². The average Bonchev–Trinajstić information content (AvgIpc) is 2.69. The van der Waals surface area contributed by atoms with Crippen molar-refractivity contribution in [1.29, 1.82) is 0 Å². The fourth-order valence-electron chi connectivity index (χ4n) is 3.00. The first-order valence-electron chi connectivity index (χ1n) is 8.76. The van der Waals surface area contributed by atoms with Gasteiger partial charge in [0.05, 0.1) is 9.82 Å². The van der Waals surface area contributed by atoms with Gasteiger partial charge >= 0.3 is 5.69 Å². The summed E-state index contributed by atoms with van der Waals surface area (Å²) in [5.74, 6) is -1.06. The SMILES string of the molecule is O=[N+]([O-])c1cc(S(=O)(=O)N2CCN(C/C=C/c3ccccc3)CC2)ccc1F. The Morgan fingerprint density at radius 2 is 1.75 bits per heavy atom. The van der Waals surface area contributed by atoms with Crippen molar-refractivity contribution < 1.29 is 17.7 Å². The van der Waals surface area contributed by atoms with Crippen LogP contribution in [0.2, 0.25) is 0 Å². The van der Waals surface area contributed by atoms with E-state index in [4.69, 9.17) is 0 Å². The highest BCUT2D eigenvalue weighted by Crippen LogP contribution is 2.24. The van der Waals surface area contributed by atoms with Crippen LogP contribution in [0.25, 0.3) is 6.08 Å². The third-order valence-electron chi connectivity index (χ3n) is 4.56. The second kappa shape index (κ2) is 8.59. The molecule has 0 aliphatic carbocycles. The normalized spacial score (nSPS) is 16.5. The molecule has 9 heteroatoms. The number of sulfonamides is 1. The summed E-state index contributed by atoms with van der Waals surface area (Å²) >= 11 is 0. The Kier molecular flexibility index (Phi) is 6.18. The zero-order valence-electron chi connectivity index (χ0n) is 15.1. The van der Waals surface area contributed by atoms with Crippen molar-refractivity contribution in [3.05, 3.63) is 76.1 Å². The van der Waals surface area contributed by atoms with Crippen molar-refractivity contribution in [2.24, 2.45) is 0 Å². The fraction of sp³-hybridized carbons (Fsp3) is 0.263. The van der Waals surface area contributed by atoms with Crippen molar-refractivity contribution in [1.82, 2.24) is 9.21 Å². The molecule has 2 aromatic rings. The molecule has 0 unspecified atom stereocenters. The highest BCUT2D eigenvalue weighted by atomic mass is 32.2. The summed E-state index contributed by atoms with van der Waals surface area (Å²) in [7, 11) is -3.90. The van der Waals surface area contributed by atoms with Gasteiger partial charge in [-0.1, -0.05) is 42.5 Å². The minimum absolute atomic E-state index is 0.266. The Labute approximate surface area is 162 Å². The Hall–Kier alpha value is -2.62. The molecule has 1 saturated heterocycles. The van der Waals surface area contributed by atoms with Gasteiger partial charge in [-0.2, -0.15) is 8.70 Å². The van der Waals surface area contributed by atoms with Crippen molar-refractivity contribution >= 4 is 21.8 Å². The van der Waals surface area contributed by atoms with Gasteiger partial charge in [-0.25, -0.2) is 8.42 Å². The molecule has 0 spiro atoms. The third kappa shape index (κ3) is 4.61. The van der Waals surface area contributed by atoms with Crippen LogP contribution in [0.15, 0.2) is 59.5 Å². The number of halogens is 1. The highest BCUT2D eigenvalue weighted by Gasteiger charge is 2.30. The van der Waals surface area contributed by atoms with Crippen LogP contribution in [0.1, 0.15) is 5.56 Å². The predicted octanol–water partition coefficient (Wildman–Crippen LogP) is 2.75. The number of nitrogens with zero attached hydrogens (tertiary/aromatic N) is 3. The lowest BCUT2D eigenvalue weighted by Gasteiger charge is -2.33. The molecule has 1 aliphatic rings. The lowest BCUT2D eigenvalue weighted by molar-refractivity contribution is -0.387. The monoisotopic (exact) mass is 405 g/mol. The van der Waals surface area contributed by atoms with Crippen LogP contribution in [-0.2, 0) is 10.0 Å². The number of nitro benzene ring substituents is 1. The van der Waals surface area contributed by atoms with Crippen LogP contribution >= 0.6 is 0 Å². The minimum Gasteiger partial charge on any atom is -0.297 e. The molecule has 0 atom stereocenters. The fourth-order valence-corrected chi connectivity index (χ4v) is 4.44. The second-order valence-electron chi connectivity index (χ2n) is 6.39. The number of nitro groups is 1. The number of rotatable bonds is 6. The van der Waals surface area contributed by atoms with Gasteiger partial charge in [0.2, 0.25) is 15.8 Å². The summed E-state index contributed by atoms with van der Waals surface area (Å²) in [5.41, 5.74) is 0.257. The van der Waals surface area contributed by atoms with E-state index >= 15 is 0 Å². The van der Waals surface area contributed by atoms with E-state index in [1.807, 2.05) is 42.5 Å². The zero-order valence-corrected chi connectivity index (χ0v) is 15.9. The molecule has 1 heterocycles. The molecule has 0 radical (unpaired) electrons. The maximum Gasteiger partial charge on any atom is 0.306 e. The lowest BCUT2D eigenvalue weighted by Crippen LogP contribution is -2.48. The van der Waals surface area contributed by atoms with Crippen LogP contribution in [-0.4, -0.2) is 55.3 Å². The molecule has 1 fully saturated rings. The maximum atomic E-state index is 13.5. The van der Waals surface area contributed by atoms with Gasteiger partial charge in [-0.3, -0.25) is 15.0 Å². The third-order valence-corrected chi connectivity index (χ3v) is 6.45. The molecule has 0 aromatic heterocycles. The van der Waals surface area contributed by atoms with E-state index in [-0.39, 0.29) is 18.0 Å². The predicted molar refractivity (Wildman–Crippen MR) is 104 cm³/mol. The van der Waals surface area contributed by atoms with E-state index in [9.17, 15) is 22.9 Å². The van der Waals surface area contributed by atoms with Crippen LogP contribution in [0.3, 0.4) is 0 Å². The number of hydrogen-bond donors (Lipinski definition) is 0. The average molecular weight is 405 g/mol. The van der Waals surface area contributed by atoms with Crippen LogP contribution in [0.5, 0.6) is 0 Å². The van der Waals surface area contributed by atoms with Crippen molar-refractivity contribution in [3.63, 3.8) is 0 Å². The molecule has 0 amide bonds. The molecule has 2 aromatic carbocycles. The smallest absolute Gasteiger partial charge is 0.297 e. The number of benzene rings is 2. The molecule has 0 saturated carbocycles. The maximum absolute atomic E-state index is 13.5. The molecule has 148 valence electrons. The van der Waals surface area contributed by atoms with Crippen LogP contribution in [0, 0.1) is 15.9 Å². The molecule has 0 bridgehead atoms. The van der Waals surface area contributed by atoms with Crippen LogP contribution in [0.4, 0.5) is 10.1 Å². The highest BCUT2D eigenvalue weighted by molar-refractivity contribution is 7.89. The van der Waals surface area contributed by atoms with Gasteiger partial charge in [0.1, 0.15) is 0 Å². The quantitative estimate of drug-likeness (QED) is 0.545. The summed E-state index contributed by atoms with van der Waals surface area (Å²) in [4.78, 5) is 11.8. The summed E-state index contributed by atoms with van der Waals surface area (Å²) in [5, 5.41) is 10.9. The Balaban J connectivity index is 1.61. The Bertz CT molecular complexity index is 972. The first-order valence-corrected chi connectivity index (χ1v) is 10.2. The van der Waals surface area contributed by atoms with Crippen LogP contribution < -0.4 is 0 Å². The molecule has 1 aliphatic heterocycles. The van der Waals surface area contributed by atoms with Crippen molar-refractivity contribution in [3.8, 4) is 0 Å². The molecule has 0 N–H and O–H groups in total. The lowest BCUT2D eigenvalue weighted by atomic mass is 10.2.